The van der Waals surface area contributed by atoms with Crippen LogP contribution in [0.15, 0.2) is 42.5 Å². The zero-order valence-corrected chi connectivity index (χ0v) is 18.1. The van der Waals surface area contributed by atoms with Crippen LogP contribution >= 0.6 is 11.3 Å². The maximum atomic E-state index is 13.0. The molecular formula is C23H22N2O5S. The van der Waals surface area contributed by atoms with Crippen molar-refractivity contribution < 1.29 is 24.2 Å². The summed E-state index contributed by atoms with van der Waals surface area (Å²) in [4.78, 5) is 25.9. The topological polar surface area (TPSA) is 96.9 Å². The second kappa shape index (κ2) is 8.31. The van der Waals surface area contributed by atoms with Crippen LogP contribution in [0.1, 0.15) is 38.7 Å². The number of phenolic OH excluding ortho intramolecular Hbond substituents is 1. The predicted octanol–water partition coefficient (Wildman–Crippen LogP) is 4.51. The van der Waals surface area contributed by atoms with Crippen molar-refractivity contribution in [3.8, 4) is 17.2 Å². The van der Waals surface area contributed by atoms with E-state index in [1.165, 1.54) is 18.4 Å². The molecule has 2 heterocycles. The third-order valence-electron chi connectivity index (χ3n) is 5.34. The van der Waals surface area contributed by atoms with Crippen LogP contribution in [-0.2, 0) is 4.79 Å². The van der Waals surface area contributed by atoms with Crippen molar-refractivity contribution in [2.75, 3.05) is 24.9 Å². The number of rotatable bonds is 5. The zero-order valence-electron chi connectivity index (χ0n) is 17.3. The number of carbonyl (C=O) groups is 2. The van der Waals surface area contributed by atoms with Gasteiger partial charge in [-0.05, 0) is 60.0 Å². The molecule has 2 aromatic carbocycles. The van der Waals surface area contributed by atoms with Crippen molar-refractivity contribution in [1.29, 1.82) is 0 Å². The zero-order chi connectivity index (χ0) is 22.1. The minimum absolute atomic E-state index is 0.0119. The molecule has 3 aromatic rings. The molecule has 7 nitrogen and oxygen atoms in total. The molecule has 0 saturated carbocycles. The van der Waals surface area contributed by atoms with E-state index in [0.29, 0.717) is 27.1 Å². The number of phenols is 1. The number of nitrogens with one attached hydrogen (secondary N) is 2. The summed E-state index contributed by atoms with van der Waals surface area (Å²) in [5, 5.41) is 16.6. The highest BCUT2D eigenvalue weighted by molar-refractivity contribution is 7.18. The van der Waals surface area contributed by atoms with Crippen molar-refractivity contribution in [2.45, 2.75) is 19.3 Å². The molecule has 1 atom stereocenters. The Balaban J connectivity index is 1.67. The maximum Gasteiger partial charge on any atom is 0.266 e. The number of carbonyl (C=O) groups excluding carboxylic acids is 2. The Morgan fingerprint density at radius 3 is 2.55 bits per heavy atom. The monoisotopic (exact) mass is 438 g/mol. The molecule has 0 spiro atoms. The molecule has 0 fully saturated rings. The average Bonchev–Trinajstić information content (AvgIpc) is 3.10. The Bertz CT molecular complexity index is 1150. The molecule has 1 unspecified atom stereocenters. The number of hydrogen-bond acceptors (Lipinski definition) is 6. The van der Waals surface area contributed by atoms with Crippen LogP contribution < -0.4 is 20.1 Å². The normalized spacial score (nSPS) is 15.1. The van der Waals surface area contributed by atoms with Gasteiger partial charge in [0.25, 0.3) is 5.91 Å². The Hall–Kier alpha value is -3.52. The van der Waals surface area contributed by atoms with Crippen molar-refractivity contribution >= 4 is 33.8 Å². The molecule has 2 amide bonds. The van der Waals surface area contributed by atoms with E-state index in [2.05, 4.69) is 10.6 Å². The highest BCUT2D eigenvalue weighted by atomic mass is 32.1. The fourth-order valence-electron chi connectivity index (χ4n) is 3.79. The fourth-order valence-corrected chi connectivity index (χ4v) is 4.97. The highest BCUT2D eigenvalue weighted by Gasteiger charge is 2.33. The number of ether oxygens (including phenoxy) is 2. The van der Waals surface area contributed by atoms with Gasteiger partial charge in [0.05, 0.1) is 24.1 Å². The van der Waals surface area contributed by atoms with E-state index >= 15 is 0 Å². The number of amides is 2. The highest BCUT2D eigenvalue weighted by Crippen LogP contribution is 2.46. The largest absolute Gasteiger partial charge is 0.504 e. The van der Waals surface area contributed by atoms with E-state index < -0.39 is 0 Å². The van der Waals surface area contributed by atoms with E-state index in [1.54, 1.807) is 43.5 Å². The van der Waals surface area contributed by atoms with E-state index in [0.717, 1.165) is 16.7 Å². The number of methoxy groups -OCH3 is 2. The lowest BCUT2D eigenvalue weighted by Gasteiger charge is -2.24. The van der Waals surface area contributed by atoms with Gasteiger partial charge in [-0.2, -0.15) is 0 Å². The van der Waals surface area contributed by atoms with Crippen LogP contribution in [0, 0.1) is 6.92 Å². The summed E-state index contributed by atoms with van der Waals surface area (Å²) < 4.78 is 10.3. The first-order chi connectivity index (χ1) is 14.9. The van der Waals surface area contributed by atoms with Crippen molar-refractivity contribution in [3.63, 3.8) is 0 Å². The van der Waals surface area contributed by atoms with Gasteiger partial charge < -0.3 is 25.2 Å². The number of hydrogen-bond donors (Lipinski definition) is 3. The number of thiophene rings is 1. The maximum absolute atomic E-state index is 13.0. The third kappa shape index (κ3) is 3.94. The molecular weight excluding hydrogens is 416 g/mol. The van der Waals surface area contributed by atoms with Gasteiger partial charge >= 0.3 is 0 Å². The molecule has 8 heteroatoms. The Morgan fingerprint density at radius 2 is 1.90 bits per heavy atom. The molecule has 3 N–H and O–H groups in total. The van der Waals surface area contributed by atoms with Gasteiger partial charge in [0.2, 0.25) is 5.91 Å². The fraction of sp³-hybridized carbons (Fsp3) is 0.217. The summed E-state index contributed by atoms with van der Waals surface area (Å²) in [5.41, 5.74) is 3.15. The molecule has 4 rings (SSSR count). The molecule has 160 valence electrons. The van der Waals surface area contributed by atoms with Crippen LogP contribution in [0.2, 0.25) is 0 Å². The lowest BCUT2D eigenvalue weighted by atomic mass is 9.84. The number of fused-ring (bicyclic) bond motifs is 1. The lowest BCUT2D eigenvalue weighted by Crippen LogP contribution is -2.22. The van der Waals surface area contributed by atoms with Gasteiger partial charge in [0.1, 0.15) is 5.75 Å². The molecule has 0 bridgehead atoms. The van der Waals surface area contributed by atoms with Crippen molar-refractivity contribution in [3.05, 3.63) is 64.0 Å². The van der Waals surface area contributed by atoms with Gasteiger partial charge in [-0.15, -0.1) is 11.3 Å². The Morgan fingerprint density at radius 1 is 1.16 bits per heavy atom. The Labute approximate surface area is 183 Å². The van der Waals surface area contributed by atoms with Gasteiger partial charge in [-0.1, -0.05) is 6.07 Å². The summed E-state index contributed by atoms with van der Waals surface area (Å²) in [5.74, 6) is 0.445. The number of anilines is 2. The van der Waals surface area contributed by atoms with Crippen LogP contribution in [0.5, 0.6) is 17.2 Å². The molecule has 1 aliphatic rings. The number of aromatic hydroxyl groups is 1. The second-order valence-electron chi connectivity index (χ2n) is 7.22. The predicted molar refractivity (Wildman–Crippen MR) is 120 cm³/mol. The summed E-state index contributed by atoms with van der Waals surface area (Å²) in [7, 11) is 3.07. The van der Waals surface area contributed by atoms with E-state index in [-0.39, 0.29) is 29.9 Å². The van der Waals surface area contributed by atoms with E-state index in [9.17, 15) is 14.7 Å². The van der Waals surface area contributed by atoms with Crippen molar-refractivity contribution in [1.82, 2.24) is 0 Å². The standard InChI is InChI=1S/C23H22N2O5S/c1-12-20-16(13-4-9-18(30-3)17(26)10-13)11-19(27)25-23(20)31-21(12)22(28)24-14-5-7-15(29-2)8-6-14/h4-10,16,26H,11H2,1-3H3,(H,24,28)(H,25,27). The quantitative estimate of drug-likeness (QED) is 0.545. The third-order valence-corrected chi connectivity index (χ3v) is 6.57. The van der Waals surface area contributed by atoms with E-state index in [1.807, 2.05) is 13.0 Å². The first-order valence-corrected chi connectivity index (χ1v) is 10.5. The Kier molecular flexibility index (Phi) is 5.56. The summed E-state index contributed by atoms with van der Waals surface area (Å²) in [6.45, 7) is 1.88. The molecule has 0 aliphatic carbocycles. The minimum atomic E-state index is -0.264. The number of benzene rings is 2. The first kappa shape index (κ1) is 20.7. The molecule has 31 heavy (non-hydrogen) atoms. The molecule has 0 radical (unpaired) electrons. The van der Waals surface area contributed by atoms with Crippen LogP contribution in [-0.4, -0.2) is 31.1 Å². The van der Waals surface area contributed by atoms with Crippen LogP contribution in [0.3, 0.4) is 0 Å². The van der Waals surface area contributed by atoms with Crippen LogP contribution in [0.4, 0.5) is 10.7 Å². The second-order valence-corrected chi connectivity index (χ2v) is 8.24. The van der Waals surface area contributed by atoms with E-state index in [4.69, 9.17) is 9.47 Å². The average molecular weight is 439 g/mol. The van der Waals surface area contributed by atoms with Gasteiger partial charge in [0, 0.05) is 18.0 Å². The summed E-state index contributed by atoms with van der Waals surface area (Å²) in [6, 6.07) is 12.2. The summed E-state index contributed by atoms with van der Waals surface area (Å²) >= 11 is 1.26. The van der Waals surface area contributed by atoms with Gasteiger partial charge in [-0.3, -0.25) is 9.59 Å². The molecule has 1 aromatic heterocycles. The SMILES string of the molecule is COc1ccc(NC(=O)c2sc3c(c2C)C(c2ccc(OC)c(O)c2)CC(=O)N3)cc1. The minimum Gasteiger partial charge on any atom is -0.504 e. The van der Waals surface area contributed by atoms with Crippen LogP contribution in [0.25, 0.3) is 0 Å². The smallest absolute Gasteiger partial charge is 0.266 e. The first-order valence-electron chi connectivity index (χ1n) is 9.66. The molecule has 1 aliphatic heterocycles. The summed E-state index contributed by atoms with van der Waals surface area (Å²) in [6.07, 6.45) is 0.232. The molecule has 0 saturated heterocycles. The van der Waals surface area contributed by atoms with Crippen molar-refractivity contribution in [2.24, 2.45) is 0 Å². The lowest BCUT2D eigenvalue weighted by molar-refractivity contribution is -0.116. The van der Waals surface area contributed by atoms with Gasteiger partial charge in [0.15, 0.2) is 11.5 Å². The van der Waals surface area contributed by atoms with Gasteiger partial charge in [-0.25, -0.2) is 0 Å².